The van der Waals surface area contributed by atoms with Crippen molar-refractivity contribution < 1.29 is 24.2 Å². The topological polar surface area (TPSA) is 176 Å². The van der Waals surface area contributed by atoms with Gasteiger partial charge in [0.2, 0.25) is 5.91 Å². The molecule has 0 aliphatic heterocycles. The number of nitrogens with zero attached hydrogens (tertiary/aromatic N) is 4. The number of aromatic nitrogens is 5. The summed E-state index contributed by atoms with van der Waals surface area (Å²) in [5, 5.41) is 31.4. The largest absolute Gasteiger partial charge is 0.465 e. The molecule has 13 nitrogen and oxygen atoms in total. The number of carboxylic acid groups (broad SMARTS) is 1. The summed E-state index contributed by atoms with van der Waals surface area (Å²) < 4.78 is 7.69. The maximum Gasteiger partial charge on any atom is 0.404 e. The normalized spacial score (nSPS) is 18.1. The van der Waals surface area contributed by atoms with E-state index in [2.05, 4.69) is 36.6 Å². The van der Waals surface area contributed by atoms with Crippen LogP contribution in [0.15, 0.2) is 30.3 Å². The molecule has 0 unspecified atom stereocenters. The second-order valence-corrected chi connectivity index (χ2v) is 8.79. The van der Waals surface area contributed by atoms with Crippen molar-refractivity contribution in [3.63, 3.8) is 0 Å². The first kappa shape index (κ1) is 25.1. The molecule has 0 radical (unpaired) electrons. The predicted octanol–water partition coefficient (Wildman–Crippen LogP) is 1.09. The summed E-state index contributed by atoms with van der Waals surface area (Å²) in [5.41, 5.74) is 1.34. The first-order chi connectivity index (χ1) is 17.4. The molecule has 0 saturated heterocycles. The number of carbonyl (C=O) groups excluding carboxylic acids is 2. The summed E-state index contributed by atoms with van der Waals surface area (Å²) in [6, 6.07) is 8.36. The molecule has 2 heterocycles. The zero-order valence-corrected chi connectivity index (χ0v) is 19.9. The highest BCUT2D eigenvalue weighted by molar-refractivity contribution is 6.00. The van der Waals surface area contributed by atoms with Crippen LogP contribution in [0.4, 0.5) is 4.79 Å². The van der Waals surface area contributed by atoms with Crippen molar-refractivity contribution in [1.82, 2.24) is 41.1 Å². The molecular weight excluding hydrogens is 468 g/mol. The molecule has 36 heavy (non-hydrogen) atoms. The van der Waals surface area contributed by atoms with Crippen LogP contribution in [0.2, 0.25) is 0 Å². The van der Waals surface area contributed by atoms with Crippen molar-refractivity contribution in [1.29, 1.82) is 0 Å². The Hall–Kier alpha value is -4.00. The van der Waals surface area contributed by atoms with E-state index < -0.39 is 12.1 Å². The fourth-order valence-corrected chi connectivity index (χ4v) is 4.51. The Morgan fingerprint density at radius 2 is 2.11 bits per heavy atom. The summed E-state index contributed by atoms with van der Waals surface area (Å²) in [6.45, 7) is 0.371. The first-order valence-corrected chi connectivity index (χ1v) is 11.9. The Balaban J connectivity index is 1.41. The van der Waals surface area contributed by atoms with Gasteiger partial charge in [0.15, 0.2) is 5.82 Å². The van der Waals surface area contributed by atoms with Crippen LogP contribution in [0.25, 0.3) is 10.9 Å². The van der Waals surface area contributed by atoms with Crippen LogP contribution in [0.1, 0.15) is 48.4 Å². The number of carbonyl (C=O) groups is 3. The van der Waals surface area contributed by atoms with E-state index in [1.807, 2.05) is 24.3 Å². The Labute approximate surface area is 207 Å². The number of nitrogens with one attached hydrogen (secondary N) is 4. The molecule has 1 aliphatic rings. The maximum atomic E-state index is 13.3. The summed E-state index contributed by atoms with van der Waals surface area (Å²) >= 11 is 0. The lowest BCUT2D eigenvalue weighted by Gasteiger charge is -2.25. The Morgan fingerprint density at radius 3 is 2.86 bits per heavy atom. The maximum absolute atomic E-state index is 13.3. The molecule has 5 N–H and O–H groups in total. The Bertz CT molecular complexity index is 1190. The number of fused-ring (bicyclic) bond motifs is 1. The van der Waals surface area contributed by atoms with Crippen LogP contribution in [0.5, 0.6) is 0 Å². The van der Waals surface area contributed by atoms with Crippen LogP contribution in [0.3, 0.4) is 0 Å². The van der Waals surface area contributed by atoms with Gasteiger partial charge in [-0.05, 0) is 54.7 Å². The number of amides is 3. The molecule has 1 fully saturated rings. The Morgan fingerprint density at radius 1 is 1.28 bits per heavy atom. The van der Waals surface area contributed by atoms with Gasteiger partial charge in [0.25, 0.3) is 5.91 Å². The standard InChI is InChI=1S/C23H30N8O5/c1-31-17-9-3-2-6-14(17)12-18(31)22(33)26-16(8-5-11-24-23(34)35)21(32)25-15-7-4-10-19(15)36-13-20-27-29-30-28-20/h2-3,6,9,12,15-16,19,24H,4-5,7-8,10-11,13H2,1H3,(H,25,32)(H,26,33)(H,34,35)(H,27,28,29,30)/t15-,16-,19-/m0/s1. The van der Waals surface area contributed by atoms with Gasteiger partial charge in [-0.25, -0.2) is 9.89 Å². The van der Waals surface area contributed by atoms with Gasteiger partial charge in [0, 0.05) is 24.5 Å². The van der Waals surface area contributed by atoms with E-state index in [1.54, 1.807) is 17.7 Å². The number of aromatic amines is 1. The number of H-pyrrole nitrogens is 1. The zero-order chi connectivity index (χ0) is 25.5. The molecule has 3 atom stereocenters. The number of hydrogen-bond donors (Lipinski definition) is 5. The van der Waals surface area contributed by atoms with Crippen LogP contribution < -0.4 is 16.0 Å². The number of ether oxygens (including phenoxy) is 1. The highest BCUT2D eigenvalue weighted by Crippen LogP contribution is 2.23. The SMILES string of the molecule is Cn1c(C(=O)N[C@@H](CCCNC(=O)O)C(=O)N[C@H]2CCC[C@@H]2OCc2nnn[nH]2)cc2ccccc21. The summed E-state index contributed by atoms with van der Waals surface area (Å²) in [6.07, 6.45) is 1.72. The zero-order valence-electron chi connectivity index (χ0n) is 19.9. The lowest BCUT2D eigenvalue weighted by molar-refractivity contribution is -0.125. The van der Waals surface area contributed by atoms with Gasteiger partial charge < -0.3 is 30.4 Å². The number of hydrogen-bond acceptors (Lipinski definition) is 7. The van der Waals surface area contributed by atoms with Crippen LogP contribution in [-0.2, 0) is 23.2 Å². The molecule has 4 rings (SSSR count). The average Bonchev–Trinajstić information content (AvgIpc) is 3.60. The van der Waals surface area contributed by atoms with E-state index in [1.165, 1.54) is 0 Å². The van der Waals surface area contributed by atoms with E-state index >= 15 is 0 Å². The minimum atomic E-state index is -1.14. The van der Waals surface area contributed by atoms with Gasteiger partial charge in [-0.3, -0.25) is 9.59 Å². The fourth-order valence-electron chi connectivity index (χ4n) is 4.51. The average molecular weight is 499 g/mol. The number of aryl methyl sites for hydroxylation is 1. The summed E-state index contributed by atoms with van der Waals surface area (Å²) in [4.78, 5) is 37.2. The lowest BCUT2D eigenvalue weighted by Crippen LogP contribution is -2.52. The van der Waals surface area contributed by atoms with Gasteiger partial charge >= 0.3 is 6.09 Å². The van der Waals surface area contributed by atoms with Crippen molar-refractivity contribution in [3.8, 4) is 0 Å². The fraction of sp³-hybridized carbons (Fsp3) is 0.478. The highest BCUT2D eigenvalue weighted by Gasteiger charge is 2.32. The molecule has 13 heteroatoms. The molecule has 0 bridgehead atoms. The number of tetrazole rings is 1. The van der Waals surface area contributed by atoms with E-state index in [4.69, 9.17) is 9.84 Å². The smallest absolute Gasteiger partial charge is 0.404 e. The van der Waals surface area contributed by atoms with Gasteiger partial charge in [0.1, 0.15) is 18.3 Å². The van der Waals surface area contributed by atoms with E-state index in [9.17, 15) is 14.4 Å². The van der Waals surface area contributed by atoms with E-state index in [-0.39, 0.29) is 43.5 Å². The third-order valence-corrected chi connectivity index (χ3v) is 6.36. The van der Waals surface area contributed by atoms with Crippen LogP contribution >= 0.6 is 0 Å². The molecule has 2 aromatic heterocycles. The predicted molar refractivity (Wildman–Crippen MR) is 128 cm³/mol. The minimum Gasteiger partial charge on any atom is -0.465 e. The quantitative estimate of drug-likeness (QED) is 0.244. The van der Waals surface area contributed by atoms with Gasteiger partial charge in [-0.15, -0.1) is 5.10 Å². The van der Waals surface area contributed by atoms with Crippen molar-refractivity contribution in [3.05, 3.63) is 41.9 Å². The molecule has 1 aromatic carbocycles. The molecular formula is C23H30N8O5. The van der Waals surface area contributed by atoms with Crippen molar-refractivity contribution in [2.45, 2.75) is 56.9 Å². The van der Waals surface area contributed by atoms with E-state index in [0.29, 0.717) is 17.9 Å². The summed E-state index contributed by atoms with van der Waals surface area (Å²) in [5.74, 6) is -0.214. The molecule has 192 valence electrons. The van der Waals surface area contributed by atoms with Gasteiger partial charge in [-0.2, -0.15) is 0 Å². The Kier molecular flexibility index (Phi) is 8.10. The molecule has 1 saturated carbocycles. The van der Waals surface area contributed by atoms with Crippen LogP contribution in [-0.4, -0.2) is 72.9 Å². The monoisotopic (exact) mass is 498 g/mol. The third kappa shape index (κ3) is 6.16. The van der Waals surface area contributed by atoms with E-state index in [0.717, 1.165) is 30.2 Å². The summed E-state index contributed by atoms with van der Waals surface area (Å²) in [7, 11) is 1.80. The lowest BCUT2D eigenvalue weighted by atomic mass is 10.1. The molecule has 3 aromatic rings. The first-order valence-electron chi connectivity index (χ1n) is 11.9. The minimum absolute atomic E-state index is 0.170. The van der Waals surface area contributed by atoms with Gasteiger partial charge in [0.05, 0.1) is 12.1 Å². The highest BCUT2D eigenvalue weighted by atomic mass is 16.5. The number of para-hydroxylation sites is 1. The van der Waals surface area contributed by atoms with Crippen molar-refractivity contribution >= 4 is 28.8 Å². The second kappa shape index (κ2) is 11.6. The molecule has 1 aliphatic carbocycles. The number of benzene rings is 1. The second-order valence-electron chi connectivity index (χ2n) is 8.79. The van der Waals surface area contributed by atoms with Crippen LogP contribution in [0, 0.1) is 0 Å². The van der Waals surface area contributed by atoms with Crippen molar-refractivity contribution in [2.75, 3.05) is 6.54 Å². The molecule has 3 amide bonds. The van der Waals surface area contributed by atoms with Crippen molar-refractivity contribution in [2.24, 2.45) is 7.05 Å². The van der Waals surface area contributed by atoms with Gasteiger partial charge in [-0.1, -0.05) is 18.2 Å². The number of rotatable bonds is 11. The third-order valence-electron chi connectivity index (χ3n) is 6.36. The molecule has 0 spiro atoms.